The second kappa shape index (κ2) is 14.7. The van der Waals surface area contributed by atoms with E-state index in [0.717, 1.165) is 0 Å². The van der Waals surface area contributed by atoms with Crippen LogP contribution in [0.1, 0.15) is 48.6 Å². The van der Waals surface area contributed by atoms with Gasteiger partial charge in [0.15, 0.2) is 11.6 Å². The summed E-state index contributed by atoms with van der Waals surface area (Å²) in [7, 11) is 0. The molecule has 2 atom stereocenters. The Morgan fingerprint density at radius 1 is 1.07 bits per heavy atom. The molecular weight excluding hydrogens is 548 g/mol. The van der Waals surface area contributed by atoms with Gasteiger partial charge in [-0.3, -0.25) is 4.79 Å². The molecule has 0 saturated carbocycles. The molecule has 0 aliphatic carbocycles. The summed E-state index contributed by atoms with van der Waals surface area (Å²) < 4.78 is 12.3. The van der Waals surface area contributed by atoms with Gasteiger partial charge in [-0.2, -0.15) is 0 Å². The van der Waals surface area contributed by atoms with Crippen molar-refractivity contribution in [1.82, 2.24) is 5.32 Å². The molecule has 0 fully saturated rings. The van der Waals surface area contributed by atoms with E-state index in [0.29, 0.717) is 53.3 Å². The maximum absolute atomic E-state index is 14.3. The van der Waals surface area contributed by atoms with Gasteiger partial charge in [-0.1, -0.05) is 72.6 Å². The number of ether oxygens (including phenoxy) is 2. The summed E-state index contributed by atoms with van der Waals surface area (Å²) in [6.07, 6.45) is -0.322. The van der Waals surface area contributed by atoms with E-state index in [2.05, 4.69) is 25.4 Å². The van der Waals surface area contributed by atoms with Crippen molar-refractivity contribution in [3.8, 4) is 5.75 Å². The van der Waals surface area contributed by atoms with Gasteiger partial charge in [0.1, 0.15) is 5.75 Å². The number of rotatable bonds is 14. The Kier molecular flexibility index (Phi) is 10.6. The van der Waals surface area contributed by atoms with Crippen LogP contribution in [-0.2, 0) is 22.5 Å². The summed E-state index contributed by atoms with van der Waals surface area (Å²) in [6, 6.07) is 21.5. The van der Waals surface area contributed by atoms with Crippen molar-refractivity contribution in [3.05, 3.63) is 116 Å². The summed E-state index contributed by atoms with van der Waals surface area (Å²) >= 11 is 0. The van der Waals surface area contributed by atoms with E-state index in [1.807, 2.05) is 44.2 Å². The summed E-state index contributed by atoms with van der Waals surface area (Å²) in [6.45, 7) is 4.88. The lowest BCUT2D eigenvalue weighted by atomic mass is 9.80. The highest BCUT2D eigenvalue weighted by atomic mass is 16.5. The molecule has 12 nitrogen and oxygen atoms in total. The van der Waals surface area contributed by atoms with Gasteiger partial charge in [0.2, 0.25) is 5.90 Å². The Bertz CT molecular complexity index is 1550. The van der Waals surface area contributed by atoms with Crippen LogP contribution in [-0.4, -0.2) is 42.2 Å². The van der Waals surface area contributed by atoms with Crippen molar-refractivity contribution in [1.29, 1.82) is 0 Å². The highest BCUT2D eigenvalue weighted by Gasteiger charge is 2.54. The first-order chi connectivity index (χ1) is 20.9. The second-order valence-corrected chi connectivity index (χ2v) is 10.5. The van der Waals surface area contributed by atoms with Crippen molar-refractivity contribution in [3.63, 3.8) is 0 Å². The fourth-order valence-corrected chi connectivity index (χ4v) is 4.85. The van der Waals surface area contributed by atoms with Gasteiger partial charge in [-0.15, -0.1) is 0 Å². The average molecular weight is 583 g/mol. The third kappa shape index (κ3) is 7.44. The highest BCUT2D eigenvalue weighted by molar-refractivity contribution is 6.01. The molecule has 12 heteroatoms. The summed E-state index contributed by atoms with van der Waals surface area (Å²) in [5, 5.41) is 19.7. The van der Waals surface area contributed by atoms with Gasteiger partial charge in [-0.05, 0) is 57.9 Å². The average Bonchev–Trinajstić information content (AvgIpc) is 3.40. The molecule has 4 rings (SSSR count). The fourth-order valence-electron chi connectivity index (χ4n) is 4.85. The number of benzene rings is 3. The van der Waals surface area contributed by atoms with Crippen LogP contribution < -0.4 is 10.1 Å². The van der Waals surface area contributed by atoms with Crippen molar-refractivity contribution in [2.75, 3.05) is 19.8 Å². The van der Waals surface area contributed by atoms with Crippen LogP contribution in [0.25, 0.3) is 20.9 Å². The van der Waals surface area contributed by atoms with Crippen molar-refractivity contribution < 1.29 is 19.4 Å². The number of hydrogen-bond acceptors (Lipinski definition) is 7. The van der Waals surface area contributed by atoms with Crippen LogP contribution in [0.2, 0.25) is 0 Å². The standard InChI is InChI=1S/C31H34N8O4/c1-21(2)19-34-30(41)31(18-23-8-4-6-11-27(23)37-39-33)28(26-10-5-3-9-24(26)20-35-38-32)43-29(36-31)22-12-14-25(15-13-22)42-17-7-16-40/h3-6,8-15,21,28,40H,7,16-20H2,1-2H3,(H,34,41)/t28-,31-/m1/s1. The predicted octanol–water partition coefficient (Wildman–Crippen LogP) is 6.47. The molecule has 1 amide bonds. The quantitative estimate of drug-likeness (QED) is 0.0958. The molecule has 0 aromatic heterocycles. The van der Waals surface area contributed by atoms with Gasteiger partial charge in [-0.25, -0.2) is 4.99 Å². The minimum Gasteiger partial charge on any atom is -0.494 e. The topological polar surface area (TPSA) is 178 Å². The molecule has 1 aliphatic rings. The summed E-state index contributed by atoms with van der Waals surface area (Å²) in [5.74, 6) is 0.707. The van der Waals surface area contributed by atoms with E-state index in [9.17, 15) is 10.3 Å². The molecule has 0 saturated heterocycles. The molecule has 3 aromatic carbocycles. The number of azide groups is 2. The van der Waals surface area contributed by atoms with E-state index in [4.69, 9.17) is 25.1 Å². The molecule has 0 radical (unpaired) electrons. The lowest BCUT2D eigenvalue weighted by Crippen LogP contribution is -2.50. The van der Waals surface area contributed by atoms with Crippen molar-refractivity contribution >= 4 is 17.5 Å². The van der Waals surface area contributed by atoms with Crippen LogP contribution in [0.5, 0.6) is 5.75 Å². The minimum absolute atomic E-state index is 0.0367. The third-order valence-corrected chi connectivity index (χ3v) is 6.95. The first-order valence-electron chi connectivity index (χ1n) is 14.0. The number of aliphatic imine (C=N–C) groups is 1. The molecule has 43 heavy (non-hydrogen) atoms. The second-order valence-electron chi connectivity index (χ2n) is 10.5. The van der Waals surface area contributed by atoms with Gasteiger partial charge in [0.05, 0.1) is 13.2 Å². The molecule has 222 valence electrons. The maximum atomic E-state index is 14.3. The Morgan fingerprint density at radius 2 is 1.79 bits per heavy atom. The zero-order valence-corrected chi connectivity index (χ0v) is 24.1. The van der Waals surface area contributed by atoms with E-state index in [1.54, 1.807) is 42.5 Å². The Morgan fingerprint density at radius 3 is 2.49 bits per heavy atom. The number of nitrogens with zero attached hydrogens (tertiary/aromatic N) is 7. The molecule has 0 unspecified atom stereocenters. The predicted molar refractivity (Wildman–Crippen MR) is 163 cm³/mol. The van der Waals surface area contributed by atoms with Crippen molar-refractivity contribution in [2.45, 2.75) is 44.9 Å². The first-order valence-corrected chi connectivity index (χ1v) is 14.0. The Hall–Kier alpha value is -5.02. The number of carbonyl (C=O) groups excluding carboxylic acids is 1. The lowest BCUT2D eigenvalue weighted by Gasteiger charge is -2.32. The van der Waals surface area contributed by atoms with Crippen LogP contribution >= 0.6 is 0 Å². The molecule has 3 aromatic rings. The number of aliphatic hydroxyl groups is 1. The first kappa shape index (κ1) is 30.9. The van der Waals surface area contributed by atoms with Crippen LogP contribution in [0.4, 0.5) is 5.69 Å². The normalized spacial score (nSPS) is 17.3. The zero-order chi connectivity index (χ0) is 30.7. The van der Waals surface area contributed by atoms with Gasteiger partial charge in [0.25, 0.3) is 5.91 Å². The van der Waals surface area contributed by atoms with Crippen molar-refractivity contribution in [2.24, 2.45) is 21.1 Å². The zero-order valence-electron chi connectivity index (χ0n) is 24.1. The molecule has 0 spiro atoms. The molecule has 0 bridgehead atoms. The van der Waals surface area contributed by atoms with E-state index in [-0.39, 0.29) is 37.3 Å². The molecular formula is C31H34N8O4. The van der Waals surface area contributed by atoms with Gasteiger partial charge < -0.3 is 19.9 Å². The molecule has 2 N–H and O–H groups in total. The van der Waals surface area contributed by atoms with Gasteiger partial charge >= 0.3 is 0 Å². The van der Waals surface area contributed by atoms with Crippen LogP contribution in [0.3, 0.4) is 0 Å². The SMILES string of the molecule is CC(C)CNC(=O)[C@]1(Cc2ccccc2N=[N+]=[N-])N=C(c2ccc(OCCCO)cc2)O[C@@H]1c1ccccc1CN=[N+]=[N-]. The monoisotopic (exact) mass is 582 g/mol. The molecule has 1 heterocycles. The van der Waals surface area contributed by atoms with Gasteiger partial charge in [0, 0.05) is 47.1 Å². The molecule has 1 aliphatic heterocycles. The third-order valence-electron chi connectivity index (χ3n) is 6.95. The number of amides is 1. The number of aliphatic hydroxyl groups excluding tert-OH is 1. The Labute approximate surface area is 249 Å². The van der Waals surface area contributed by atoms with E-state index in [1.165, 1.54) is 0 Å². The minimum atomic E-state index is -1.51. The summed E-state index contributed by atoms with van der Waals surface area (Å²) in [5.41, 5.74) is 19.7. The van der Waals surface area contributed by atoms with E-state index < -0.39 is 11.6 Å². The highest BCUT2D eigenvalue weighted by Crippen LogP contribution is 2.44. The largest absolute Gasteiger partial charge is 0.494 e. The summed E-state index contributed by atoms with van der Waals surface area (Å²) in [4.78, 5) is 25.2. The van der Waals surface area contributed by atoms with E-state index >= 15 is 0 Å². The number of hydrogen-bond donors (Lipinski definition) is 2. The van der Waals surface area contributed by atoms with Crippen LogP contribution in [0.15, 0.2) is 88.0 Å². The van der Waals surface area contributed by atoms with Crippen LogP contribution in [0, 0.1) is 5.92 Å². The fraction of sp³-hybridized carbons (Fsp3) is 0.355. The Balaban J connectivity index is 1.88. The lowest BCUT2D eigenvalue weighted by molar-refractivity contribution is -0.129. The smallest absolute Gasteiger partial charge is 0.252 e. The number of carbonyl (C=O) groups is 1. The number of nitrogens with one attached hydrogen (secondary N) is 1. The maximum Gasteiger partial charge on any atom is 0.252 e.